The van der Waals surface area contributed by atoms with Crippen LogP contribution in [0.2, 0.25) is 0 Å². The molecule has 35 heavy (non-hydrogen) atoms. The number of rotatable bonds is 4. The van der Waals surface area contributed by atoms with Crippen molar-refractivity contribution in [1.29, 1.82) is 0 Å². The average Bonchev–Trinajstić information content (AvgIpc) is 3.16. The number of thioether (sulfide) groups is 2. The number of carbonyl (C=O) groups is 2. The van der Waals surface area contributed by atoms with E-state index in [1.807, 2.05) is 36.0 Å². The second-order valence-corrected chi connectivity index (χ2v) is 13.0. The predicted octanol–water partition coefficient (Wildman–Crippen LogP) is 7.88. The van der Waals surface area contributed by atoms with Gasteiger partial charge in [0.05, 0.1) is 0 Å². The molecule has 4 aliphatic carbocycles. The third-order valence-electron chi connectivity index (χ3n) is 8.98. The van der Waals surface area contributed by atoms with E-state index in [2.05, 4.69) is 68.5 Å². The number of Topliss-reactive ketones (excluding diaryl/α,β-unsaturated/α-hetero) is 1. The van der Waals surface area contributed by atoms with Gasteiger partial charge in [-0.15, -0.1) is 0 Å². The first-order valence-electron chi connectivity index (χ1n) is 12.6. The summed E-state index contributed by atoms with van der Waals surface area (Å²) in [5, 5.41) is 0. The molecule has 0 bridgehead atoms. The minimum Gasteiger partial charge on any atom is -0.299 e. The topological polar surface area (TPSA) is 34.1 Å². The average molecular weight is 499 g/mol. The molecule has 0 saturated heterocycles. The second-order valence-electron chi connectivity index (χ2n) is 10.7. The molecule has 0 aliphatic heterocycles. The van der Waals surface area contributed by atoms with E-state index in [1.54, 1.807) is 11.8 Å². The molecular formula is C31H30O2S2. The van der Waals surface area contributed by atoms with Crippen molar-refractivity contribution in [3.8, 4) is 0 Å². The number of fused-ring (bicyclic) bond motifs is 5. The number of hydrogen-bond acceptors (Lipinski definition) is 4. The minimum absolute atomic E-state index is 0.0753. The largest absolute Gasteiger partial charge is 0.299 e. The van der Waals surface area contributed by atoms with E-state index in [9.17, 15) is 9.59 Å². The lowest BCUT2D eigenvalue weighted by Gasteiger charge is -2.56. The van der Waals surface area contributed by atoms with Gasteiger partial charge in [0.15, 0.2) is 5.78 Å². The monoisotopic (exact) mass is 498 g/mol. The highest BCUT2D eigenvalue weighted by Gasteiger charge is 2.60. The molecule has 2 aromatic carbocycles. The lowest BCUT2D eigenvalue weighted by atomic mass is 9.50. The Bertz CT molecular complexity index is 1280. The molecule has 0 aromatic heterocycles. The zero-order chi connectivity index (χ0) is 24.2. The summed E-state index contributed by atoms with van der Waals surface area (Å²) in [6, 6.07) is 20.9. The van der Waals surface area contributed by atoms with E-state index in [0.717, 1.165) is 34.6 Å². The number of allylic oxidation sites excluding steroid dienone is 6. The summed E-state index contributed by atoms with van der Waals surface area (Å²) < 4.78 is 0. The fourth-order valence-corrected chi connectivity index (χ4v) is 9.45. The normalized spacial score (nSPS) is 33.8. The molecule has 6 rings (SSSR count). The molecule has 178 valence electrons. The molecule has 0 spiro atoms. The Labute approximate surface area is 216 Å². The Morgan fingerprint density at radius 3 is 2.11 bits per heavy atom. The number of hydrogen-bond donors (Lipinski definition) is 0. The van der Waals surface area contributed by atoms with Gasteiger partial charge >= 0.3 is 0 Å². The summed E-state index contributed by atoms with van der Waals surface area (Å²) in [6.07, 6.45) is 9.67. The standard InChI is InChI=1S/C31H30O2S2/c1-30-16-15-25-29(24(30)13-14-27(30)33)26(34-22-9-5-3-6-10-22)18-20-17-21(32)19-28(31(20,25)2)35-23-11-7-4-8-12-23/h3-12,17-19,24-25,29H,13-16H2,1-2H3/t24-,25-,29-,30-,31-/m0/s1. The summed E-state index contributed by atoms with van der Waals surface area (Å²) >= 11 is 3.57. The van der Waals surface area contributed by atoms with Crippen LogP contribution in [0, 0.1) is 28.6 Å². The van der Waals surface area contributed by atoms with Gasteiger partial charge in [-0.3, -0.25) is 9.59 Å². The van der Waals surface area contributed by atoms with Crippen LogP contribution in [0.5, 0.6) is 0 Å². The Hall–Kier alpha value is -2.30. The second kappa shape index (κ2) is 8.67. The number of carbonyl (C=O) groups excluding carboxylic acids is 2. The third-order valence-corrected chi connectivity index (χ3v) is 11.4. The van der Waals surface area contributed by atoms with E-state index < -0.39 is 0 Å². The summed E-state index contributed by atoms with van der Waals surface area (Å²) in [5.74, 6) is 1.57. The first-order chi connectivity index (χ1) is 16.9. The highest BCUT2D eigenvalue weighted by molar-refractivity contribution is 8.03. The molecule has 2 nitrogen and oxygen atoms in total. The molecule has 0 radical (unpaired) electrons. The highest BCUT2D eigenvalue weighted by atomic mass is 32.2. The van der Waals surface area contributed by atoms with Gasteiger partial charge in [0.25, 0.3) is 0 Å². The molecule has 2 aromatic rings. The molecule has 4 aliphatic rings. The molecule has 4 heteroatoms. The lowest BCUT2D eigenvalue weighted by Crippen LogP contribution is -2.50. The van der Waals surface area contributed by atoms with Crippen molar-refractivity contribution in [1.82, 2.24) is 0 Å². The fraction of sp³-hybridized carbons (Fsp3) is 0.355. The van der Waals surface area contributed by atoms with Gasteiger partial charge in [-0.05, 0) is 90.0 Å². The molecule has 0 amide bonds. The Balaban J connectivity index is 1.48. The van der Waals surface area contributed by atoms with Crippen LogP contribution < -0.4 is 0 Å². The predicted molar refractivity (Wildman–Crippen MR) is 144 cm³/mol. The van der Waals surface area contributed by atoms with Gasteiger partial charge < -0.3 is 0 Å². The van der Waals surface area contributed by atoms with Gasteiger partial charge in [-0.1, -0.05) is 73.8 Å². The van der Waals surface area contributed by atoms with Gasteiger partial charge in [-0.2, -0.15) is 0 Å². The zero-order valence-corrected chi connectivity index (χ0v) is 21.8. The summed E-state index contributed by atoms with van der Waals surface area (Å²) in [5.41, 5.74) is 0.680. The van der Waals surface area contributed by atoms with Crippen molar-refractivity contribution in [2.75, 3.05) is 0 Å². The first kappa shape index (κ1) is 23.1. The van der Waals surface area contributed by atoms with Crippen molar-refractivity contribution < 1.29 is 9.59 Å². The number of benzene rings is 2. The van der Waals surface area contributed by atoms with Crippen molar-refractivity contribution in [2.45, 2.75) is 49.3 Å². The van der Waals surface area contributed by atoms with Crippen molar-refractivity contribution in [3.05, 3.63) is 94.3 Å². The molecule has 5 atom stereocenters. The maximum absolute atomic E-state index is 13.1. The van der Waals surface area contributed by atoms with E-state index in [0.29, 0.717) is 30.0 Å². The molecule has 0 N–H and O–H groups in total. The number of ketones is 2. The van der Waals surface area contributed by atoms with Crippen LogP contribution >= 0.6 is 23.5 Å². The van der Waals surface area contributed by atoms with Crippen LogP contribution in [0.3, 0.4) is 0 Å². The maximum Gasteiger partial charge on any atom is 0.179 e. The van der Waals surface area contributed by atoms with Crippen LogP contribution in [0.15, 0.2) is 104 Å². The van der Waals surface area contributed by atoms with Gasteiger partial charge in [0.2, 0.25) is 0 Å². The van der Waals surface area contributed by atoms with Crippen LogP contribution in [-0.4, -0.2) is 11.6 Å². The Morgan fingerprint density at radius 1 is 0.771 bits per heavy atom. The van der Waals surface area contributed by atoms with Crippen molar-refractivity contribution in [2.24, 2.45) is 28.6 Å². The SMILES string of the molecule is C[C@@]12C(=CC(=O)C=C1Sc1ccccc1)C=C(Sc1ccccc1)[C@@H]1[C@@H]2CC[C@]2(C)C(=O)CC[C@@H]12. The zero-order valence-electron chi connectivity index (χ0n) is 20.2. The molecule has 2 saturated carbocycles. The smallest absolute Gasteiger partial charge is 0.179 e. The summed E-state index contributed by atoms with van der Waals surface area (Å²) in [7, 11) is 0. The van der Waals surface area contributed by atoms with E-state index in [-0.39, 0.29) is 16.6 Å². The molecule has 0 unspecified atom stereocenters. The van der Waals surface area contributed by atoms with Crippen LogP contribution in [0.25, 0.3) is 0 Å². The summed E-state index contributed by atoms with van der Waals surface area (Å²) in [6.45, 7) is 4.58. The Morgan fingerprint density at radius 2 is 1.43 bits per heavy atom. The van der Waals surface area contributed by atoms with Gasteiger partial charge in [-0.25, -0.2) is 0 Å². The van der Waals surface area contributed by atoms with E-state index in [4.69, 9.17) is 0 Å². The molecule has 0 heterocycles. The molecular weight excluding hydrogens is 468 g/mol. The summed E-state index contributed by atoms with van der Waals surface area (Å²) in [4.78, 5) is 30.9. The molecule has 2 fully saturated rings. The van der Waals surface area contributed by atoms with Crippen molar-refractivity contribution >= 4 is 35.1 Å². The Kier molecular flexibility index (Phi) is 5.73. The van der Waals surface area contributed by atoms with Crippen LogP contribution in [0.4, 0.5) is 0 Å². The van der Waals surface area contributed by atoms with Gasteiger partial charge in [0, 0.05) is 31.9 Å². The van der Waals surface area contributed by atoms with Crippen molar-refractivity contribution in [3.63, 3.8) is 0 Å². The third kappa shape index (κ3) is 3.72. The highest BCUT2D eigenvalue weighted by Crippen LogP contribution is 2.67. The van der Waals surface area contributed by atoms with Crippen LogP contribution in [-0.2, 0) is 9.59 Å². The first-order valence-corrected chi connectivity index (χ1v) is 14.2. The quantitative estimate of drug-likeness (QED) is 0.429. The van der Waals surface area contributed by atoms with E-state index in [1.165, 1.54) is 9.80 Å². The maximum atomic E-state index is 13.1. The lowest BCUT2D eigenvalue weighted by molar-refractivity contribution is -0.130. The van der Waals surface area contributed by atoms with Gasteiger partial charge in [0.1, 0.15) is 5.78 Å². The van der Waals surface area contributed by atoms with Crippen LogP contribution in [0.1, 0.15) is 39.5 Å². The van der Waals surface area contributed by atoms with E-state index >= 15 is 0 Å². The minimum atomic E-state index is -0.229. The fourth-order valence-electron chi connectivity index (χ4n) is 7.04.